The standard InChI is InChI=1S/2C35H50F2N4O7S.C34H43F2N3O6S/c2*1-4-8-29(9-5-2)49(46,47)22-31(40-35(45)48-21-28-12-13-33(43)39-28)34(44)41(19-24-11-7-10-23(6-3)14-24)20-32(42)30(38)17-25-15-26(36)18-27(37)16-25;1-3-5-14-46(43,44)23-31(38-34(42)45-22-25-10-7-6-8-11-25)33(41)39(20-26-13-9-12-24(4-2)15-26)21-32(40)30(37)18-27-16-28(35)19-29(36)17-27/h2*7,10-11,14-16,18,28-32,42H,4-6,8-9,12-13,17,19-22,38H2,1-3H3,(H,39,43)(H,40,45);6-13,15-17,19,30-32,40H,3-5,14,18,20-23,37H2,1-2H3,(H,38,42)/t28-,30+,31?,32-;28-,30-,31?,32+;30-,31?,32+/m100/s1. The number of benzene rings is 7. The minimum Gasteiger partial charge on any atom is -0.447 e. The fourth-order valence-electron chi connectivity index (χ4n) is 16.8. The Labute approximate surface area is 841 Å². The molecule has 11 atom stereocenters. The molecule has 0 saturated carbocycles. The molecule has 2 fully saturated rings. The lowest BCUT2D eigenvalue weighted by atomic mass is 10.0. The molecular weight excluding hydrogens is 1930 g/mol. The fraction of sp³-hybridized carbons (Fsp3) is 0.519. The van der Waals surface area contributed by atoms with Crippen LogP contribution < -0.4 is 43.8 Å². The molecule has 9 rings (SSSR count). The van der Waals surface area contributed by atoms with E-state index in [1.54, 1.807) is 48.5 Å². The number of nitrogens with one attached hydrogen (secondary N) is 5. The van der Waals surface area contributed by atoms with Gasteiger partial charge in [0.1, 0.15) is 72.8 Å². The van der Waals surface area contributed by atoms with Crippen LogP contribution in [0.3, 0.4) is 0 Å². The van der Waals surface area contributed by atoms with Crippen molar-refractivity contribution in [3.05, 3.63) is 248 Å². The summed E-state index contributed by atoms with van der Waals surface area (Å²) in [5.41, 5.74) is 25.1. The number of unbranched alkanes of at least 4 members (excludes halogenated alkanes) is 1. The quantitative estimate of drug-likeness (QED) is 0.0125. The van der Waals surface area contributed by atoms with E-state index in [2.05, 4.69) is 26.6 Å². The van der Waals surface area contributed by atoms with Crippen LogP contribution in [0, 0.1) is 34.9 Å². The van der Waals surface area contributed by atoms with Gasteiger partial charge in [-0.05, 0) is 176 Å². The molecule has 7 aromatic carbocycles. The van der Waals surface area contributed by atoms with E-state index in [1.165, 1.54) is 14.7 Å². The van der Waals surface area contributed by atoms with Crippen LogP contribution in [-0.2, 0) is 132 Å². The number of halogens is 6. The summed E-state index contributed by atoms with van der Waals surface area (Å²) in [6.45, 7) is 13.6. The van der Waals surface area contributed by atoms with E-state index >= 15 is 0 Å². The zero-order chi connectivity index (χ0) is 106. The van der Waals surface area contributed by atoms with E-state index in [1.807, 2.05) is 110 Å². The number of carbonyl (C=O) groups excluding carboxylic acids is 8. The van der Waals surface area contributed by atoms with Crippen LogP contribution in [0.4, 0.5) is 40.7 Å². The largest absolute Gasteiger partial charge is 0.447 e. The monoisotopic (exact) mass is 2080 g/mol. The smallest absolute Gasteiger partial charge is 0.408 e. The molecule has 7 aromatic rings. The molecule has 0 radical (unpaired) electrons. The summed E-state index contributed by atoms with van der Waals surface area (Å²) in [6.07, 6.45) is 1.05. The van der Waals surface area contributed by atoms with Crippen molar-refractivity contribution in [1.29, 1.82) is 0 Å². The highest BCUT2D eigenvalue weighted by Crippen LogP contribution is 2.26. The van der Waals surface area contributed by atoms with Crippen molar-refractivity contribution < 1.29 is 119 Å². The first kappa shape index (κ1) is 120. The van der Waals surface area contributed by atoms with E-state index in [4.69, 9.17) is 31.4 Å². The summed E-state index contributed by atoms with van der Waals surface area (Å²) in [6, 6.07) is 31.2. The molecule has 2 heterocycles. The Morgan fingerprint density at radius 1 is 0.389 bits per heavy atom. The Hall–Kier alpha value is -11.1. The lowest BCUT2D eigenvalue weighted by Gasteiger charge is -2.32. The predicted molar refractivity (Wildman–Crippen MR) is 537 cm³/mol. The van der Waals surface area contributed by atoms with Gasteiger partial charge in [-0.3, -0.25) is 24.0 Å². The third-order valence-electron chi connectivity index (χ3n) is 24.6. The number of ether oxygens (including phenoxy) is 3. The predicted octanol–water partition coefficient (Wildman–Crippen LogP) is 11.4. The number of hydrogen-bond acceptors (Lipinski definition) is 23. The van der Waals surface area contributed by atoms with Gasteiger partial charge in [-0.1, -0.05) is 191 Å². The Kier molecular flexibility index (Phi) is 50.0. The molecule has 0 bridgehead atoms. The van der Waals surface area contributed by atoms with Crippen LogP contribution >= 0.6 is 0 Å². The van der Waals surface area contributed by atoms with Crippen molar-refractivity contribution in [3.8, 4) is 0 Å². The Bertz CT molecular complexity index is 5380. The second-order valence-electron chi connectivity index (χ2n) is 36.8. The Morgan fingerprint density at radius 2 is 0.681 bits per heavy atom. The lowest BCUT2D eigenvalue weighted by molar-refractivity contribution is -0.135. The number of aliphatic hydroxyl groups excluding tert-OH is 3. The van der Waals surface area contributed by atoms with E-state index in [0.717, 1.165) is 77.7 Å². The van der Waals surface area contributed by atoms with Gasteiger partial charge in [0.05, 0.1) is 63.9 Å². The van der Waals surface area contributed by atoms with Crippen molar-refractivity contribution >= 4 is 77.3 Å². The number of hydrogen-bond donors (Lipinski definition) is 11. The number of sulfone groups is 3. The van der Waals surface area contributed by atoms with Crippen LogP contribution in [0.25, 0.3) is 0 Å². The molecule has 14 N–H and O–H groups in total. The van der Waals surface area contributed by atoms with Crippen molar-refractivity contribution in [2.45, 2.75) is 287 Å². The zero-order valence-electron chi connectivity index (χ0n) is 83.2. The number of nitrogens with two attached hydrogens (primary N) is 3. The molecule has 2 aliphatic heterocycles. The van der Waals surface area contributed by atoms with Crippen molar-refractivity contribution in [2.75, 3.05) is 55.9 Å². The normalized spacial score (nSPS) is 15.6. The maximum absolute atomic E-state index is 14.3. The molecule has 0 aromatic heterocycles. The maximum Gasteiger partial charge on any atom is 0.408 e. The minimum atomic E-state index is -3.92. The number of aliphatic hydroxyl groups is 3. The average Bonchev–Trinajstić information content (AvgIpc) is 1.28. The van der Waals surface area contributed by atoms with E-state index in [0.29, 0.717) is 112 Å². The highest BCUT2D eigenvalue weighted by Gasteiger charge is 2.41. The summed E-state index contributed by atoms with van der Waals surface area (Å²) < 4.78 is 180. The molecule has 3 unspecified atom stereocenters. The number of alkyl carbamates (subject to hydrolysis) is 3. The molecule has 40 heteroatoms. The summed E-state index contributed by atoms with van der Waals surface area (Å²) >= 11 is 0. The van der Waals surface area contributed by atoms with Gasteiger partial charge in [-0.25, -0.2) is 66.0 Å². The second-order valence-corrected chi connectivity index (χ2v) is 43.7. The number of amides is 8. The third-order valence-corrected chi connectivity index (χ3v) is 30.9. The summed E-state index contributed by atoms with van der Waals surface area (Å²) in [7, 11) is -11.6. The summed E-state index contributed by atoms with van der Waals surface area (Å²) in [5.74, 6) is -9.73. The molecule has 144 heavy (non-hydrogen) atoms. The molecule has 2 aliphatic rings. The van der Waals surface area contributed by atoms with Crippen LogP contribution in [0.1, 0.15) is 201 Å². The van der Waals surface area contributed by atoms with Gasteiger partial charge in [0, 0.05) is 88.4 Å². The van der Waals surface area contributed by atoms with Crippen molar-refractivity contribution in [3.63, 3.8) is 0 Å². The van der Waals surface area contributed by atoms with Crippen LogP contribution in [0.2, 0.25) is 0 Å². The lowest BCUT2D eigenvalue weighted by Crippen LogP contribution is -2.55. The highest BCUT2D eigenvalue weighted by molar-refractivity contribution is 7.92. The minimum absolute atomic E-state index is 0.0305. The first-order chi connectivity index (χ1) is 68.4. The number of carbonyl (C=O) groups is 8. The molecule has 0 aliphatic carbocycles. The highest BCUT2D eigenvalue weighted by atomic mass is 32.2. The van der Waals surface area contributed by atoms with Gasteiger partial charge in [-0.15, -0.1) is 0 Å². The molecule has 8 amide bonds. The molecule has 2 saturated heterocycles. The zero-order valence-corrected chi connectivity index (χ0v) is 85.6. The van der Waals surface area contributed by atoms with E-state index in [-0.39, 0.29) is 125 Å². The molecule has 794 valence electrons. The van der Waals surface area contributed by atoms with Crippen LogP contribution in [-0.4, -0.2) is 236 Å². The summed E-state index contributed by atoms with van der Waals surface area (Å²) in [4.78, 5) is 109. The van der Waals surface area contributed by atoms with Gasteiger partial charge in [0.15, 0.2) is 29.5 Å². The van der Waals surface area contributed by atoms with Crippen LogP contribution in [0.15, 0.2) is 158 Å². The number of nitrogens with zero attached hydrogens (tertiary/aromatic N) is 3. The molecule has 0 spiro atoms. The Morgan fingerprint density at radius 3 is 0.965 bits per heavy atom. The third kappa shape index (κ3) is 41.8. The topological polar surface area (TPSA) is 475 Å². The van der Waals surface area contributed by atoms with E-state index in [9.17, 15) is 105 Å². The van der Waals surface area contributed by atoms with Gasteiger partial charge in [0.2, 0.25) is 29.5 Å². The first-order valence-electron chi connectivity index (χ1n) is 49.2. The van der Waals surface area contributed by atoms with Gasteiger partial charge < -0.3 is 88.0 Å². The first-order valence-corrected chi connectivity index (χ1v) is 54.4. The van der Waals surface area contributed by atoms with Gasteiger partial charge >= 0.3 is 18.3 Å². The SMILES string of the molecule is CCCC(CCC)S(=O)(=O)CC(NC(=O)OC[C@@H]1CCC(=O)N1)C(=O)N(Cc1cccc(CC)c1)C[C@@H](O)[C@@H](N)Cc1cc(F)cc(F)c1.CCCC(CCC)S(=O)(=O)CC(NC(=O)OC[C@H]1CCC(=O)N1)C(=O)N(Cc1cccc(CC)c1)C[C@@H](O)[C@@H](N)Cc1cc(F)cc(F)c1.CCCCS(=O)(=O)CC(NC(=O)OCc1ccccc1)C(=O)N(Cc1cccc(CC)c1)C[C@@H](O)[C@@H](N)Cc1cc(F)cc(F)c1. The number of aryl methyl sites for hydroxylation is 3. The second kappa shape index (κ2) is 60.1. The van der Waals surface area contributed by atoms with Crippen molar-refractivity contribution in [1.82, 2.24) is 41.3 Å². The van der Waals surface area contributed by atoms with Gasteiger partial charge in [0.25, 0.3) is 0 Å². The van der Waals surface area contributed by atoms with Gasteiger partial charge in [-0.2, -0.15) is 0 Å². The van der Waals surface area contributed by atoms with Crippen LogP contribution in [0.5, 0.6) is 0 Å². The molecule has 31 nitrogen and oxygen atoms in total. The molecular formula is C104H143F6N11O20S3. The van der Waals surface area contributed by atoms with E-state index < -0.39 is 195 Å². The van der Waals surface area contributed by atoms with Crippen molar-refractivity contribution in [2.24, 2.45) is 17.2 Å². The Balaban J connectivity index is 0.000000293. The number of rotatable bonds is 55. The fourth-order valence-corrected chi connectivity index (χ4v) is 22.8. The average molecular weight is 2080 g/mol. The maximum atomic E-state index is 14.3. The summed E-state index contributed by atoms with van der Waals surface area (Å²) in [5, 5.41) is 44.7.